The van der Waals surface area contributed by atoms with Crippen LogP contribution in [-0.4, -0.2) is 23.0 Å². The van der Waals surface area contributed by atoms with Gasteiger partial charge >= 0.3 is 0 Å². The zero-order chi connectivity index (χ0) is 18.5. The Hall–Kier alpha value is -3.48. The van der Waals surface area contributed by atoms with Crippen LogP contribution in [0.3, 0.4) is 0 Å². The van der Waals surface area contributed by atoms with E-state index in [2.05, 4.69) is 20.6 Å². The quantitative estimate of drug-likeness (QED) is 0.728. The molecule has 0 radical (unpaired) electrons. The van der Waals surface area contributed by atoms with E-state index >= 15 is 0 Å². The standard InChI is InChI=1S/C19H17FN4O2/c1-12-21-17(19(25)24-14-6-3-5-13(20)9-14)11-18(22-12)23-15-7-4-8-16(10-15)26-2/h3-11H,1-2H3,(H,24,25)(H,21,22,23). The highest BCUT2D eigenvalue weighted by Gasteiger charge is 2.12. The van der Waals surface area contributed by atoms with E-state index in [4.69, 9.17) is 4.74 Å². The van der Waals surface area contributed by atoms with Crippen LogP contribution < -0.4 is 15.4 Å². The number of methoxy groups -OCH3 is 1. The average Bonchev–Trinajstić information content (AvgIpc) is 2.61. The summed E-state index contributed by atoms with van der Waals surface area (Å²) in [6, 6.07) is 14.5. The first-order chi connectivity index (χ1) is 12.5. The molecule has 3 aromatic rings. The summed E-state index contributed by atoms with van der Waals surface area (Å²) < 4.78 is 18.4. The molecule has 0 saturated carbocycles. The minimum Gasteiger partial charge on any atom is -0.497 e. The number of hydrogen-bond donors (Lipinski definition) is 2. The van der Waals surface area contributed by atoms with E-state index in [0.29, 0.717) is 23.1 Å². The molecule has 1 aromatic heterocycles. The number of amides is 1. The zero-order valence-corrected chi connectivity index (χ0v) is 14.3. The zero-order valence-electron chi connectivity index (χ0n) is 14.3. The van der Waals surface area contributed by atoms with Crippen molar-refractivity contribution in [3.8, 4) is 5.75 Å². The van der Waals surface area contributed by atoms with Gasteiger partial charge in [-0.1, -0.05) is 12.1 Å². The summed E-state index contributed by atoms with van der Waals surface area (Å²) in [5.41, 5.74) is 1.29. The highest BCUT2D eigenvalue weighted by molar-refractivity contribution is 6.03. The van der Waals surface area contributed by atoms with Crippen LogP contribution in [0.5, 0.6) is 5.75 Å². The largest absolute Gasteiger partial charge is 0.497 e. The van der Waals surface area contributed by atoms with Gasteiger partial charge < -0.3 is 15.4 Å². The Morgan fingerprint density at radius 1 is 1.04 bits per heavy atom. The van der Waals surface area contributed by atoms with E-state index < -0.39 is 11.7 Å². The molecule has 0 unspecified atom stereocenters. The summed E-state index contributed by atoms with van der Waals surface area (Å²) in [4.78, 5) is 20.8. The minimum atomic E-state index is -0.449. The van der Waals surface area contributed by atoms with E-state index in [1.165, 1.54) is 24.3 Å². The third-order valence-electron chi connectivity index (χ3n) is 3.50. The van der Waals surface area contributed by atoms with Gasteiger partial charge in [-0.25, -0.2) is 14.4 Å². The lowest BCUT2D eigenvalue weighted by Crippen LogP contribution is -2.15. The molecule has 0 bridgehead atoms. The molecule has 26 heavy (non-hydrogen) atoms. The third kappa shape index (κ3) is 4.32. The van der Waals surface area contributed by atoms with Crippen molar-refractivity contribution in [1.82, 2.24) is 9.97 Å². The lowest BCUT2D eigenvalue weighted by atomic mass is 10.2. The molecular weight excluding hydrogens is 335 g/mol. The Kier molecular flexibility index (Phi) is 5.07. The number of aryl methyl sites for hydroxylation is 1. The van der Waals surface area contributed by atoms with Gasteiger partial charge in [-0.05, 0) is 37.3 Å². The maximum Gasteiger partial charge on any atom is 0.274 e. The van der Waals surface area contributed by atoms with Gasteiger partial charge in [0.25, 0.3) is 5.91 Å². The highest BCUT2D eigenvalue weighted by Crippen LogP contribution is 2.21. The van der Waals surface area contributed by atoms with Crippen molar-refractivity contribution in [2.45, 2.75) is 6.92 Å². The van der Waals surface area contributed by atoms with Gasteiger partial charge in [0, 0.05) is 23.5 Å². The van der Waals surface area contributed by atoms with Gasteiger partial charge in [-0.2, -0.15) is 0 Å². The van der Waals surface area contributed by atoms with Crippen molar-refractivity contribution in [3.05, 3.63) is 71.9 Å². The van der Waals surface area contributed by atoms with Gasteiger partial charge in [-0.3, -0.25) is 4.79 Å². The predicted molar refractivity (Wildman–Crippen MR) is 97.4 cm³/mol. The molecule has 0 saturated heterocycles. The van der Waals surface area contributed by atoms with E-state index in [0.717, 1.165) is 5.69 Å². The minimum absolute atomic E-state index is 0.173. The molecular formula is C19H17FN4O2. The van der Waals surface area contributed by atoms with Gasteiger partial charge in [-0.15, -0.1) is 0 Å². The summed E-state index contributed by atoms with van der Waals surface area (Å²) in [6.45, 7) is 1.69. The second-order valence-electron chi connectivity index (χ2n) is 5.51. The number of rotatable bonds is 5. The third-order valence-corrected chi connectivity index (χ3v) is 3.50. The van der Waals surface area contributed by atoms with Gasteiger partial charge in [0.05, 0.1) is 7.11 Å². The Labute approximate surface area is 150 Å². The van der Waals surface area contributed by atoms with Crippen molar-refractivity contribution in [3.63, 3.8) is 0 Å². The Balaban J connectivity index is 1.81. The van der Waals surface area contributed by atoms with Gasteiger partial charge in [0.1, 0.15) is 28.9 Å². The highest BCUT2D eigenvalue weighted by atomic mass is 19.1. The van der Waals surface area contributed by atoms with Crippen molar-refractivity contribution < 1.29 is 13.9 Å². The van der Waals surface area contributed by atoms with Crippen molar-refractivity contribution >= 4 is 23.1 Å². The fourth-order valence-corrected chi connectivity index (χ4v) is 2.36. The summed E-state index contributed by atoms with van der Waals surface area (Å²) in [7, 11) is 1.59. The number of anilines is 3. The number of carbonyl (C=O) groups is 1. The molecule has 0 aliphatic rings. The van der Waals surface area contributed by atoms with Crippen LogP contribution in [0.15, 0.2) is 54.6 Å². The fourth-order valence-electron chi connectivity index (χ4n) is 2.36. The van der Waals surface area contributed by atoms with Gasteiger partial charge in [0.2, 0.25) is 0 Å². The topological polar surface area (TPSA) is 76.1 Å². The number of halogens is 1. The van der Waals surface area contributed by atoms with Crippen LogP contribution in [0.25, 0.3) is 0 Å². The summed E-state index contributed by atoms with van der Waals surface area (Å²) in [5, 5.41) is 5.74. The monoisotopic (exact) mass is 352 g/mol. The Morgan fingerprint density at radius 2 is 1.81 bits per heavy atom. The van der Waals surface area contributed by atoms with E-state index in [-0.39, 0.29) is 5.69 Å². The van der Waals surface area contributed by atoms with Crippen LogP contribution in [0.2, 0.25) is 0 Å². The molecule has 132 valence electrons. The Bertz CT molecular complexity index is 946. The van der Waals surface area contributed by atoms with Crippen molar-refractivity contribution in [2.75, 3.05) is 17.7 Å². The number of ether oxygens (including phenoxy) is 1. The number of nitrogens with one attached hydrogen (secondary N) is 2. The first-order valence-electron chi connectivity index (χ1n) is 7.87. The summed E-state index contributed by atoms with van der Waals surface area (Å²) in [5.74, 6) is 0.721. The molecule has 2 N–H and O–H groups in total. The molecule has 3 rings (SSSR count). The number of benzene rings is 2. The first-order valence-corrected chi connectivity index (χ1v) is 7.87. The first kappa shape index (κ1) is 17.3. The molecule has 0 atom stereocenters. The van der Waals surface area contributed by atoms with Crippen molar-refractivity contribution in [1.29, 1.82) is 0 Å². The average molecular weight is 352 g/mol. The smallest absolute Gasteiger partial charge is 0.274 e. The maximum atomic E-state index is 13.3. The maximum absolute atomic E-state index is 13.3. The number of carbonyl (C=O) groups excluding carboxylic acids is 1. The molecule has 0 spiro atoms. The molecule has 7 heteroatoms. The molecule has 0 aliphatic carbocycles. The lowest BCUT2D eigenvalue weighted by molar-refractivity contribution is 0.102. The second-order valence-corrected chi connectivity index (χ2v) is 5.51. The van der Waals surface area contributed by atoms with Crippen LogP contribution in [0, 0.1) is 12.7 Å². The lowest BCUT2D eigenvalue weighted by Gasteiger charge is -2.10. The van der Waals surface area contributed by atoms with Crippen molar-refractivity contribution in [2.24, 2.45) is 0 Å². The molecule has 0 aliphatic heterocycles. The van der Waals surface area contributed by atoms with E-state index in [1.807, 2.05) is 24.3 Å². The van der Waals surface area contributed by atoms with Crippen LogP contribution in [0.1, 0.15) is 16.3 Å². The molecule has 0 fully saturated rings. The fraction of sp³-hybridized carbons (Fsp3) is 0.105. The molecule has 1 amide bonds. The summed E-state index contributed by atoms with van der Waals surface area (Å²) >= 11 is 0. The predicted octanol–water partition coefficient (Wildman–Crippen LogP) is 3.93. The number of nitrogens with zero attached hydrogens (tertiary/aromatic N) is 2. The van der Waals surface area contributed by atoms with E-state index in [9.17, 15) is 9.18 Å². The number of aromatic nitrogens is 2. The SMILES string of the molecule is COc1cccc(Nc2cc(C(=O)Nc3cccc(F)c3)nc(C)n2)c1. The van der Waals surface area contributed by atoms with Crippen LogP contribution in [-0.2, 0) is 0 Å². The molecule has 1 heterocycles. The van der Waals surface area contributed by atoms with Crippen LogP contribution in [0.4, 0.5) is 21.6 Å². The number of hydrogen-bond acceptors (Lipinski definition) is 5. The van der Waals surface area contributed by atoms with E-state index in [1.54, 1.807) is 20.1 Å². The summed E-state index contributed by atoms with van der Waals surface area (Å²) in [6.07, 6.45) is 0. The second kappa shape index (κ2) is 7.60. The Morgan fingerprint density at radius 3 is 2.58 bits per heavy atom. The molecule has 6 nitrogen and oxygen atoms in total. The van der Waals surface area contributed by atoms with Gasteiger partial charge in [0.15, 0.2) is 0 Å². The molecule has 2 aromatic carbocycles. The van der Waals surface area contributed by atoms with Crippen LogP contribution >= 0.6 is 0 Å². The normalized spacial score (nSPS) is 10.3.